The number of carbonyl (C=O) groups is 1. The molecule has 0 saturated heterocycles. The Balaban J connectivity index is 1.56. The third kappa shape index (κ3) is 2.14. The average Bonchev–Trinajstić information content (AvgIpc) is 3.43. The molecule has 1 spiro atoms. The van der Waals surface area contributed by atoms with Gasteiger partial charge in [0.1, 0.15) is 23.6 Å². The molecule has 1 N–H and O–H groups in total. The smallest absolute Gasteiger partial charge is 0.243 e. The number of fused-ring (bicyclic) bond motifs is 5. The van der Waals surface area contributed by atoms with E-state index in [1.165, 1.54) is 0 Å². The molecule has 1 aromatic heterocycles. The van der Waals surface area contributed by atoms with Gasteiger partial charge in [-0.05, 0) is 29.8 Å². The predicted octanol–water partition coefficient (Wildman–Crippen LogP) is 3.17. The Hall–Kier alpha value is -3.74. The van der Waals surface area contributed by atoms with Crippen molar-refractivity contribution in [2.24, 2.45) is 0 Å². The van der Waals surface area contributed by atoms with Crippen molar-refractivity contribution in [1.29, 1.82) is 0 Å². The van der Waals surface area contributed by atoms with Gasteiger partial charge in [-0.3, -0.25) is 4.79 Å². The average molecular weight is 401 g/mol. The van der Waals surface area contributed by atoms with Crippen LogP contribution in [0.25, 0.3) is 11.1 Å². The highest BCUT2D eigenvalue weighted by Gasteiger charge is 2.55. The fourth-order valence-electron chi connectivity index (χ4n) is 4.54. The minimum absolute atomic E-state index is 0.0968. The van der Waals surface area contributed by atoms with Crippen molar-refractivity contribution in [3.05, 3.63) is 59.8 Å². The molecule has 150 valence electrons. The van der Waals surface area contributed by atoms with Gasteiger partial charge < -0.3 is 24.4 Å². The lowest BCUT2D eigenvalue weighted by atomic mass is 9.74. The second-order valence-electron chi connectivity index (χ2n) is 7.88. The molecule has 0 saturated carbocycles. The first-order chi connectivity index (χ1) is 14.6. The number of anilines is 2. The van der Waals surface area contributed by atoms with Crippen molar-refractivity contribution in [1.82, 2.24) is 4.98 Å². The van der Waals surface area contributed by atoms with E-state index in [1.54, 1.807) is 0 Å². The van der Waals surface area contributed by atoms with Crippen molar-refractivity contribution in [2.75, 3.05) is 37.7 Å². The van der Waals surface area contributed by atoms with Gasteiger partial charge in [-0.2, -0.15) is 0 Å². The molecule has 2 aromatic carbocycles. The molecule has 7 nitrogen and oxygen atoms in total. The van der Waals surface area contributed by atoms with E-state index in [2.05, 4.69) is 10.3 Å². The molecule has 0 bridgehead atoms. The van der Waals surface area contributed by atoms with Crippen LogP contribution < -0.4 is 24.4 Å². The number of carbonyl (C=O) groups excluding carboxylic acids is 1. The second kappa shape index (κ2) is 5.89. The Morgan fingerprint density at radius 3 is 2.63 bits per heavy atom. The van der Waals surface area contributed by atoms with Crippen LogP contribution in [0, 0.1) is 0 Å². The molecule has 7 heteroatoms. The molecule has 30 heavy (non-hydrogen) atoms. The number of ether oxygens (including phenoxy) is 3. The zero-order valence-electron chi connectivity index (χ0n) is 16.6. The standard InChI is InChI=1S/C23H19N3O4/c1-26(2)20-7-6-13(10-24-20)14-4-3-5-16-21(14)23(22(27)25-16)11-28-17-9-19-18(8-15(17)23)29-12-30-19/h3-10H,11-12H2,1-2H3,(H,25,27). The van der Waals surface area contributed by atoms with Crippen LogP contribution in [0.5, 0.6) is 17.2 Å². The van der Waals surface area contributed by atoms with Crippen molar-refractivity contribution in [3.8, 4) is 28.4 Å². The first-order valence-corrected chi connectivity index (χ1v) is 9.73. The monoisotopic (exact) mass is 401 g/mol. The topological polar surface area (TPSA) is 72.9 Å². The molecule has 3 aliphatic heterocycles. The van der Waals surface area contributed by atoms with Crippen LogP contribution >= 0.6 is 0 Å². The summed E-state index contributed by atoms with van der Waals surface area (Å²) in [5, 5.41) is 3.06. The van der Waals surface area contributed by atoms with E-state index in [0.29, 0.717) is 17.2 Å². The predicted molar refractivity (Wildman–Crippen MR) is 111 cm³/mol. The van der Waals surface area contributed by atoms with Gasteiger partial charge >= 0.3 is 0 Å². The summed E-state index contributed by atoms with van der Waals surface area (Å²) in [6, 6.07) is 13.6. The first kappa shape index (κ1) is 17.1. The number of rotatable bonds is 2. The lowest BCUT2D eigenvalue weighted by Crippen LogP contribution is -2.37. The van der Waals surface area contributed by atoms with Gasteiger partial charge in [-0.15, -0.1) is 0 Å². The lowest BCUT2D eigenvalue weighted by Gasteiger charge is -2.23. The highest BCUT2D eigenvalue weighted by atomic mass is 16.7. The molecule has 0 aliphatic carbocycles. The number of pyridine rings is 1. The highest BCUT2D eigenvalue weighted by Crippen LogP contribution is 2.55. The quantitative estimate of drug-likeness (QED) is 0.711. The number of nitrogens with zero attached hydrogens (tertiary/aromatic N) is 2. The Kier molecular flexibility index (Phi) is 3.36. The maximum atomic E-state index is 13.4. The summed E-state index contributed by atoms with van der Waals surface area (Å²) in [7, 11) is 3.91. The largest absolute Gasteiger partial charge is 0.491 e. The van der Waals surface area contributed by atoms with Gasteiger partial charge in [0, 0.05) is 48.7 Å². The SMILES string of the molecule is CN(C)c1ccc(-c2cccc3c2C2(COc4cc5c(cc42)OCO5)C(=O)N3)cn1. The number of amides is 1. The summed E-state index contributed by atoms with van der Waals surface area (Å²) in [5.74, 6) is 2.70. The van der Waals surface area contributed by atoms with E-state index in [-0.39, 0.29) is 19.3 Å². The molecule has 0 fully saturated rings. The number of nitrogens with one attached hydrogen (secondary N) is 1. The van der Waals surface area contributed by atoms with Crippen LogP contribution in [0.3, 0.4) is 0 Å². The third-order valence-corrected chi connectivity index (χ3v) is 6.02. The Bertz CT molecular complexity index is 1210. The van der Waals surface area contributed by atoms with Gasteiger partial charge in [0.05, 0.1) is 0 Å². The number of aromatic nitrogens is 1. The van der Waals surface area contributed by atoms with Gasteiger partial charge in [-0.1, -0.05) is 12.1 Å². The zero-order valence-corrected chi connectivity index (χ0v) is 16.6. The lowest BCUT2D eigenvalue weighted by molar-refractivity contribution is -0.119. The van der Waals surface area contributed by atoms with Crippen LogP contribution in [0.1, 0.15) is 11.1 Å². The number of hydrogen-bond acceptors (Lipinski definition) is 6. The normalized spacial score (nSPS) is 20.0. The molecule has 1 amide bonds. The Morgan fingerprint density at radius 1 is 1.03 bits per heavy atom. The van der Waals surface area contributed by atoms with E-state index < -0.39 is 5.41 Å². The minimum Gasteiger partial charge on any atom is -0.491 e. The fraction of sp³-hybridized carbons (Fsp3) is 0.217. The maximum Gasteiger partial charge on any atom is 0.243 e. The molecular formula is C23H19N3O4. The Morgan fingerprint density at radius 2 is 1.87 bits per heavy atom. The van der Waals surface area contributed by atoms with E-state index >= 15 is 0 Å². The summed E-state index contributed by atoms with van der Waals surface area (Å²) in [4.78, 5) is 19.9. The molecular weight excluding hydrogens is 382 g/mol. The van der Waals surface area contributed by atoms with Crippen LogP contribution in [0.15, 0.2) is 48.7 Å². The van der Waals surface area contributed by atoms with E-state index in [9.17, 15) is 4.79 Å². The summed E-state index contributed by atoms with van der Waals surface area (Å²) < 4.78 is 17.1. The minimum atomic E-state index is -0.942. The van der Waals surface area contributed by atoms with Crippen molar-refractivity contribution in [2.45, 2.75) is 5.41 Å². The molecule has 1 atom stereocenters. The van der Waals surface area contributed by atoms with E-state index in [0.717, 1.165) is 33.8 Å². The van der Waals surface area contributed by atoms with Gasteiger partial charge in [-0.25, -0.2) is 4.98 Å². The first-order valence-electron chi connectivity index (χ1n) is 9.73. The van der Waals surface area contributed by atoms with Gasteiger partial charge in [0.25, 0.3) is 0 Å². The van der Waals surface area contributed by atoms with E-state index in [1.807, 2.05) is 67.7 Å². The second-order valence-corrected chi connectivity index (χ2v) is 7.88. The highest BCUT2D eigenvalue weighted by molar-refractivity contribution is 6.12. The number of benzene rings is 2. The van der Waals surface area contributed by atoms with Crippen molar-refractivity contribution < 1.29 is 19.0 Å². The van der Waals surface area contributed by atoms with E-state index in [4.69, 9.17) is 14.2 Å². The molecule has 6 rings (SSSR count). The van der Waals surface area contributed by atoms with Crippen LogP contribution in [0.4, 0.5) is 11.5 Å². The molecule has 3 aromatic rings. The summed E-state index contributed by atoms with van der Waals surface area (Å²) in [6.45, 7) is 0.396. The van der Waals surface area contributed by atoms with Gasteiger partial charge in [0.15, 0.2) is 11.5 Å². The molecule has 3 aliphatic rings. The van der Waals surface area contributed by atoms with Crippen LogP contribution in [-0.4, -0.2) is 38.4 Å². The van der Waals surface area contributed by atoms with Crippen molar-refractivity contribution in [3.63, 3.8) is 0 Å². The van der Waals surface area contributed by atoms with Crippen molar-refractivity contribution >= 4 is 17.4 Å². The number of hydrogen-bond donors (Lipinski definition) is 1. The summed E-state index contributed by atoms with van der Waals surface area (Å²) in [5.41, 5.74) is 3.46. The zero-order chi connectivity index (χ0) is 20.5. The van der Waals surface area contributed by atoms with Crippen LogP contribution in [0.2, 0.25) is 0 Å². The maximum absolute atomic E-state index is 13.4. The molecule has 4 heterocycles. The molecule has 0 radical (unpaired) electrons. The third-order valence-electron chi connectivity index (χ3n) is 6.02. The van der Waals surface area contributed by atoms with Crippen LogP contribution in [-0.2, 0) is 10.2 Å². The summed E-state index contributed by atoms with van der Waals surface area (Å²) >= 11 is 0. The summed E-state index contributed by atoms with van der Waals surface area (Å²) in [6.07, 6.45) is 1.85. The molecule has 1 unspecified atom stereocenters. The van der Waals surface area contributed by atoms with Gasteiger partial charge in [0.2, 0.25) is 12.7 Å². The fourth-order valence-corrected chi connectivity index (χ4v) is 4.54. The Labute approximate surface area is 173 Å².